The van der Waals surface area contributed by atoms with Gasteiger partial charge in [-0.3, -0.25) is 9.59 Å². The van der Waals surface area contributed by atoms with Gasteiger partial charge >= 0.3 is 0 Å². The molecule has 0 unspecified atom stereocenters. The third kappa shape index (κ3) is 4.10. The first-order chi connectivity index (χ1) is 12.0. The fourth-order valence-corrected chi connectivity index (χ4v) is 3.26. The number of aromatic nitrogens is 1. The van der Waals surface area contributed by atoms with E-state index in [1.807, 2.05) is 60.2 Å². The monoisotopic (exact) mass is 339 g/mol. The van der Waals surface area contributed by atoms with Gasteiger partial charge in [0.1, 0.15) is 0 Å². The number of carbonyl (C=O) groups is 2. The van der Waals surface area contributed by atoms with Gasteiger partial charge in [0.25, 0.3) is 5.91 Å². The smallest absolute Gasteiger partial charge is 0.254 e. The number of aryl methyl sites for hydroxylation is 2. The van der Waals surface area contributed by atoms with E-state index in [-0.39, 0.29) is 11.8 Å². The van der Waals surface area contributed by atoms with Gasteiger partial charge < -0.3 is 14.8 Å². The van der Waals surface area contributed by atoms with E-state index >= 15 is 0 Å². The molecule has 0 spiro atoms. The van der Waals surface area contributed by atoms with Crippen molar-refractivity contribution >= 4 is 11.8 Å². The Morgan fingerprint density at radius 3 is 2.56 bits per heavy atom. The first kappa shape index (κ1) is 17.3. The summed E-state index contributed by atoms with van der Waals surface area (Å²) in [4.78, 5) is 32.2. The zero-order valence-corrected chi connectivity index (χ0v) is 14.9. The second-order valence-electron chi connectivity index (χ2n) is 6.72. The van der Waals surface area contributed by atoms with E-state index in [0.717, 1.165) is 28.8 Å². The molecule has 1 saturated heterocycles. The number of aromatic amines is 1. The highest BCUT2D eigenvalue weighted by molar-refractivity contribution is 5.96. The standard InChI is InChI=1S/C20H25N3O2/c1-15-6-7-16(2)18(13-15)20(25)23-10-4-9-22(11-12-23)19(24)14-17-5-3-8-21-17/h3,5-8,13,21H,4,9-12,14H2,1-2H3. The van der Waals surface area contributed by atoms with Crippen LogP contribution in [0, 0.1) is 13.8 Å². The molecule has 132 valence electrons. The quantitative estimate of drug-likeness (QED) is 0.934. The molecule has 1 aromatic carbocycles. The Hall–Kier alpha value is -2.56. The molecular formula is C20H25N3O2. The molecule has 2 amide bonds. The molecule has 0 bridgehead atoms. The summed E-state index contributed by atoms with van der Waals surface area (Å²) in [5, 5.41) is 0. The van der Waals surface area contributed by atoms with Crippen LogP contribution in [-0.4, -0.2) is 52.8 Å². The molecule has 0 atom stereocenters. The topological polar surface area (TPSA) is 56.4 Å². The van der Waals surface area contributed by atoms with Crippen LogP contribution in [-0.2, 0) is 11.2 Å². The van der Waals surface area contributed by atoms with Gasteiger partial charge in [0.05, 0.1) is 6.42 Å². The number of nitrogens with zero attached hydrogens (tertiary/aromatic N) is 2. The van der Waals surface area contributed by atoms with Crippen molar-refractivity contribution in [2.24, 2.45) is 0 Å². The maximum Gasteiger partial charge on any atom is 0.254 e. The number of nitrogens with one attached hydrogen (secondary N) is 1. The summed E-state index contributed by atoms with van der Waals surface area (Å²) >= 11 is 0. The lowest BCUT2D eigenvalue weighted by Crippen LogP contribution is -2.38. The van der Waals surface area contributed by atoms with Crippen LogP contribution in [0.2, 0.25) is 0 Å². The number of rotatable bonds is 3. The Balaban J connectivity index is 1.64. The van der Waals surface area contributed by atoms with Crippen LogP contribution in [0.5, 0.6) is 0 Å². The van der Waals surface area contributed by atoms with Crippen LogP contribution in [0.1, 0.15) is 33.6 Å². The number of carbonyl (C=O) groups excluding carboxylic acids is 2. The second-order valence-corrected chi connectivity index (χ2v) is 6.72. The van der Waals surface area contributed by atoms with E-state index < -0.39 is 0 Å². The summed E-state index contributed by atoms with van der Waals surface area (Å²) in [6.07, 6.45) is 3.03. The summed E-state index contributed by atoms with van der Waals surface area (Å²) in [6.45, 7) is 6.55. The van der Waals surface area contributed by atoms with Gasteiger partial charge in [0.15, 0.2) is 0 Å². The molecule has 0 aliphatic carbocycles. The van der Waals surface area contributed by atoms with Crippen molar-refractivity contribution in [1.82, 2.24) is 14.8 Å². The van der Waals surface area contributed by atoms with Crippen LogP contribution in [0.25, 0.3) is 0 Å². The third-order valence-electron chi connectivity index (χ3n) is 4.76. The van der Waals surface area contributed by atoms with Crippen molar-refractivity contribution < 1.29 is 9.59 Å². The van der Waals surface area contributed by atoms with Crippen LogP contribution in [0.3, 0.4) is 0 Å². The molecule has 5 nitrogen and oxygen atoms in total. The zero-order valence-electron chi connectivity index (χ0n) is 14.9. The van der Waals surface area contributed by atoms with Gasteiger partial charge in [-0.1, -0.05) is 17.7 Å². The van der Waals surface area contributed by atoms with Gasteiger partial charge in [0, 0.05) is 43.6 Å². The third-order valence-corrected chi connectivity index (χ3v) is 4.76. The molecule has 0 radical (unpaired) electrons. The highest BCUT2D eigenvalue weighted by Crippen LogP contribution is 2.15. The number of H-pyrrole nitrogens is 1. The van der Waals surface area contributed by atoms with Gasteiger partial charge in [0.2, 0.25) is 5.91 Å². The average molecular weight is 339 g/mol. The summed E-state index contributed by atoms with van der Waals surface area (Å²) in [6, 6.07) is 9.79. The predicted octanol–water partition coefficient (Wildman–Crippen LogP) is 2.55. The van der Waals surface area contributed by atoms with Crippen LogP contribution < -0.4 is 0 Å². The molecule has 5 heteroatoms. The van der Waals surface area contributed by atoms with E-state index in [1.54, 1.807) is 0 Å². The van der Waals surface area contributed by atoms with Crippen molar-refractivity contribution in [3.05, 3.63) is 58.9 Å². The van der Waals surface area contributed by atoms with E-state index in [1.165, 1.54) is 0 Å². The molecular weight excluding hydrogens is 314 g/mol. The minimum Gasteiger partial charge on any atom is -0.365 e. The Kier molecular flexibility index (Phi) is 5.22. The Bertz CT molecular complexity index is 752. The van der Waals surface area contributed by atoms with E-state index in [4.69, 9.17) is 0 Å². The molecule has 25 heavy (non-hydrogen) atoms. The first-order valence-corrected chi connectivity index (χ1v) is 8.81. The number of amides is 2. The molecule has 1 aliphatic rings. The number of hydrogen-bond acceptors (Lipinski definition) is 2. The molecule has 1 N–H and O–H groups in total. The largest absolute Gasteiger partial charge is 0.365 e. The van der Waals surface area contributed by atoms with Crippen molar-refractivity contribution in [2.45, 2.75) is 26.7 Å². The molecule has 3 rings (SSSR count). The predicted molar refractivity (Wildman–Crippen MR) is 97.5 cm³/mol. The molecule has 1 aromatic heterocycles. The van der Waals surface area contributed by atoms with Crippen molar-refractivity contribution in [3.8, 4) is 0 Å². The molecule has 2 aromatic rings. The Morgan fingerprint density at radius 1 is 1.04 bits per heavy atom. The lowest BCUT2D eigenvalue weighted by atomic mass is 10.0. The van der Waals surface area contributed by atoms with E-state index in [2.05, 4.69) is 4.98 Å². The molecule has 1 aliphatic heterocycles. The first-order valence-electron chi connectivity index (χ1n) is 8.81. The highest BCUT2D eigenvalue weighted by Gasteiger charge is 2.23. The number of hydrogen-bond donors (Lipinski definition) is 1. The zero-order chi connectivity index (χ0) is 17.8. The summed E-state index contributed by atoms with van der Waals surface area (Å²) < 4.78 is 0. The molecule has 0 saturated carbocycles. The lowest BCUT2D eigenvalue weighted by Gasteiger charge is -2.23. The SMILES string of the molecule is Cc1ccc(C)c(C(=O)N2CCCN(C(=O)Cc3ccc[nH]3)CC2)c1. The van der Waals surface area contributed by atoms with Gasteiger partial charge in [-0.05, 0) is 44.0 Å². The van der Waals surface area contributed by atoms with Crippen molar-refractivity contribution in [2.75, 3.05) is 26.2 Å². The summed E-state index contributed by atoms with van der Waals surface area (Å²) in [7, 11) is 0. The van der Waals surface area contributed by atoms with Gasteiger partial charge in [-0.15, -0.1) is 0 Å². The normalized spacial score (nSPS) is 15.1. The maximum absolute atomic E-state index is 12.9. The van der Waals surface area contributed by atoms with Crippen LogP contribution >= 0.6 is 0 Å². The van der Waals surface area contributed by atoms with Crippen molar-refractivity contribution in [1.29, 1.82) is 0 Å². The van der Waals surface area contributed by atoms with Gasteiger partial charge in [-0.2, -0.15) is 0 Å². The van der Waals surface area contributed by atoms with Crippen LogP contribution in [0.4, 0.5) is 0 Å². The minimum atomic E-state index is 0.0693. The minimum absolute atomic E-state index is 0.0693. The average Bonchev–Trinajstić information content (AvgIpc) is 2.97. The molecule has 2 heterocycles. The second kappa shape index (κ2) is 7.55. The highest BCUT2D eigenvalue weighted by atomic mass is 16.2. The van der Waals surface area contributed by atoms with E-state index in [9.17, 15) is 9.59 Å². The van der Waals surface area contributed by atoms with Crippen LogP contribution in [0.15, 0.2) is 36.5 Å². The molecule has 1 fully saturated rings. The van der Waals surface area contributed by atoms with Crippen molar-refractivity contribution in [3.63, 3.8) is 0 Å². The van der Waals surface area contributed by atoms with E-state index in [0.29, 0.717) is 32.6 Å². The lowest BCUT2D eigenvalue weighted by molar-refractivity contribution is -0.130. The fourth-order valence-electron chi connectivity index (χ4n) is 3.26. The fraction of sp³-hybridized carbons (Fsp3) is 0.400. The summed E-state index contributed by atoms with van der Waals surface area (Å²) in [5.41, 5.74) is 3.79. The number of benzene rings is 1. The Labute approximate surface area is 148 Å². The maximum atomic E-state index is 12.9. The Morgan fingerprint density at radius 2 is 1.80 bits per heavy atom. The summed E-state index contributed by atoms with van der Waals surface area (Å²) in [5.74, 6) is 0.184. The van der Waals surface area contributed by atoms with Gasteiger partial charge in [-0.25, -0.2) is 0 Å².